The third-order valence-electron chi connectivity index (χ3n) is 3.07. The van der Waals surface area contributed by atoms with E-state index in [-0.39, 0.29) is 5.91 Å². The summed E-state index contributed by atoms with van der Waals surface area (Å²) in [6.45, 7) is 9.31. The van der Waals surface area contributed by atoms with Crippen molar-refractivity contribution >= 4 is 25.8 Å². The SMILES string of the molecule is CC(=O)NCCc1ccc(NC(=O)OCC[Si](C)(C)C)cc1. The molecule has 0 aliphatic carbocycles. The lowest BCUT2D eigenvalue weighted by Gasteiger charge is -2.15. The van der Waals surface area contributed by atoms with Gasteiger partial charge in [0, 0.05) is 27.2 Å². The molecule has 0 aliphatic rings. The van der Waals surface area contributed by atoms with Gasteiger partial charge in [0.05, 0.1) is 6.61 Å². The number of benzene rings is 1. The predicted molar refractivity (Wildman–Crippen MR) is 92.0 cm³/mol. The summed E-state index contributed by atoms with van der Waals surface area (Å²) >= 11 is 0. The average Bonchev–Trinajstić information content (AvgIpc) is 2.39. The van der Waals surface area contributed by atoms with Crippen molar-refractivity contribution in [1.29, 1.82) is 0 Å². The molecule has 1 aromatic carbocycles. The molecule has 1 aromatic rings. The van der Waals surface area contributed by atoms with E-state index in [2.05, 4.69) is 30.3 Å². The molecular weight excluding hydrogens is 296 g/mol. The first-order valence-corrected chi connectivity index (χ1v) is 11.2. The van der Waals surface area contributed by atoms with E-state index in [0.717, 1.165) is 18.0 Å². The minimum atomic E-state index is -1.18. The number of carbonyl (C=O) groups is 2. The number of anilines is 1. The van der Waals surface area contributed by atoms with Crippen LogP contribution < -0.4 is 10.6 Å². The topological polar surface area (TPSA) is 67.4 Å². The second-order valence-electron chi connectivity index (χ2n) is 6.50. The highest BCUT2D eigenvalue weighted by atomic mass is 28.3. The molecular formula is C16H26N2O3Si. The van der Waals surface area contributed by atoms with Gasteiger partial charge in [-0.05, 0) is 30.2 Å². The normalized spacial score (nSPS) is 10.9. The van der Waals surface area contributed by atoms with Crippen LogP contribution in [0.5, 0.6) is 0 Å². The maximum Gasteiger partial charge on any atom is 0.411 e. The number of rotatable bonds is 7. The van der Waals surface area contributed by atoms with Crippen LogP contribution in [0, 0.1) is 0 Å². The fourth-order valence-electron chi connectivity index (χ4n) is 1.74. The molecule has 0 unspecified atom stereocenters. The van der Waals surface area contributed by atoms with E-state index in [1.54, 1.807) is 0 Å². The first-order chi connectivity index (χ1) is 10.3. The molecule has 0 aliphatic heterocycles. The van der Waals surface area contributed by atoms with E-state index in [1.165, 1.54) is 6.92 Å². The molecule has 0 bridgehead atoms. The Balaban J connectivity index is 2.34. The summed E-state index contributed by atoms with van der Waals surface area (Å²) in [5.41, 5.74) is 1.81. The molecule has 22 heavy (non-hydrogen) atoms. The largest absolute Gasteiger partial charge is 0.450 e. The summed E-state index contributed by atoms with van der Waals surface area (Å²) in [6.07, 6.45) is 0.352. The molecule has 0 heterocycles. The van der Waals surface area contributed by atoms with E-state index in [0.29, 0.717) is 18.8 Å². The molecule has 0 aromatic heterocycles. The number of hydrogen-bond acceptors (Lipinski definition) is 3. The van der Waals surface area contributed by atoms with Gasteiger partial charge in [0.15, 0.2) is 0 Å². The maximum absolute atomic E-state index is 11.7. The molecule has 5 nitrogen and oxygen atoms in total. The first kappa shape index (κ1) is 18.2. The van der Waals surface area contributed by atoms with Crippen LogP contribution in [0.1, 0.15) is 12.5 Å². The number of hydrogen-bond donors (Lipinski definition) is 2. The number of amides is 2. The second kappa shape index (κ2) is 8.58. The summed E-state index contributed by atoms with van der Waals surface area (Å²) < 4.78 is 5.18. The number of ether oxygens (including phenoxy) is 1. The molecule has 0 fully saturated rings. The summed E-state index contributed by atoms with van der Waals surface area (Å²) in [6, 6.07) is 8.49. The fraction of sp³-hybridized carbons (Fsp3) is 0.500. The van der Waals surface area contributed by atoms with Crippen LogP contribution in [0.4, 0.5) is 10.5 Å². The van der Waals surface area contributed by atoms with E-state index in [1.807, 2.05) is 24.3 Å². The highest BCUT2D eigenvalue weighted by Gasteiger charge is 2.13. The highest BCUT2D eigenvalue weighted by molar-refractivity contribution is 6.76. The Morgan fingerprint density at radius 3 is 2.32 bits per heavy atom. The van der Waals surface area contributed by atoms with Crippen LogP contribution in [0.3, 0.4) is 0 Å². The Bertz CT molecular complexity index is 495. The number of carbonyl (C=O) groups excluding carboxylic acids is 2. The van der Waals surface area contributed by atoms with Crippen molar-refractivity contribution < 1.29 is 14.3 Å². The summed E-state index contributed by atoms with van der Waals surface area (Å²) in [7, 11) is -1.18. The summed E-state index contributed by atoms with van der Waals surface area (Å²) in [5, 5.41) is 5.46. The van der Waals surface area contributed by atoms with E-state index < -0.39 is 14.2 Å². The first-order valence-electron chi connectivity index (χ1n) is 7.53. The molecule has 1 rings (SSSR count). The third-order valence-corrected chi connectivity index (χ3v) is 4.78. The minimum absolute atomic E-state index is 0.0284. The van der Waals surface area contributed by atoms with Crippen molar-refractivity contribution in [2.24, 2.45) is 0 Å². The Labute approximate surface area is 133 Å². The van der Waals surface area contributed by atoms with Gasteiger partial charge in [0.1, 0.15) is 0 Å². The zero-order chi connectivity index (χ0) is 16.6. The summed E-state index contributed by atoms with van der Waals surface area (Å²) in [4.78, 5) is 22.5. The third kappa shape index (κ3) is 8.46. The van der Waals surface area contributed by atoms with Crippen LogP contribution in [0.15, 0.2) is 24.3 Å². The number of nitrogens with one attached hydrogen (secondary N) is 2. The lowest BCUT2D eigenvalue weighted by atomic mass is 10.1. The maximum atomic E-state index is 11.7. The molecule has 6 heteroatoms. The van der Waals surface area contributed by atoms with Crippen LogP contribution in [-0.2, 0) is 16.0 Å². The van der Waals surface area contributed by atoms with Crippen molar-refractivity contribution in [2.45, 2.75) is 39.0 Å². The van der Waals surface area contributed by atoms with E-state index in [9.17, 15) is 9.59 Å². The Hall–Kier alpha value is -1.82. The fourth-order valence-corrected chi connectivity index (χ4v) is 2.46. The Morgan fingerprint density at radius 1 is 1.14 bits per heavy atom. The Kier molecular flexibility index (Phi) is 7.11. The molecule has 0 saturated heterocycles. The van der Waals surface area contributed by atoms with Gasteiger partial charge in [0.2, 0.25) is 5.91 Å². The van der Waals surface area contributed by atoms with Crippen molar-refractivity contribution in [3.63, 3.8) is 0 Å². The molecule has 0 radical (unpaired) electrons. The molecule has 122 valence electrons. The van der Waals surface area contributed by atoms with Crippen molar-refractivity contribution in [2.75, 3.05) is 18.5 Å². The van der Waals surface area contributed by atoms with Crippen LogP contribution in [-0.4, -0.2) is 33.2 Å². The summed E-state index contributed by atoms with van der Waals surface area (Å²) in [5.74, 6) is -0.0284. The van der Waals surface area contributed by atoms with Gasteiger partial charge in [0.25, 0.3) is 0 Å². The molecule has 0 saturated carbocycles. The lowest BCUT2D eigenvalue weighted by molar-refractivity contribution is -0.118. The second-order valence-corrected chi connectivity index (χ2v) is 12.1. The van der Waals surface area contributed by atoms with Crippen molar-refractivity contribution in [3.8, 4) is 0 Å². The van der Waals surface area contributed by atoms with E-state index in [4.69, 9.17) is 4.74 Å². The van der Waals surface area contributed by atoms with Gasteiger partial charge in [-0.3, -0.25) is 10.1 Å². The molecule has 0 atom stereocenters. The van der Waals surface area contributed by atoms with Crippen LogP contribution >= 0.6 is 0 Å². The van der Waals surface area contributed by atoms with Crippen molar-refractivity contribution in [1.82, 2.24) is 5.32 Å². The molecule has 2 N–H and O–H groups in total. The van der Waals surface area contributed by atoms with E-state index >= 15 is 0 Å². The molecule has 2 amide bonds. The van der Waals surface area contributed by atoms with Gasteiger partial charge in [-0.2, -0.15) is 0 Å². The average molecular weight is 322 g/mol. The van der Waals surface area contributed by atoms with Gasteiger partial charge >= 0.3 is 6.09 Å². The smallest absolute Gasteiger partial charge is 0.411 e. The standard InChI is InChI=1S/C16H26N2O3Si/c1-13(19)17-10-9-14-5-7-15(8-6-14)18-16(20)21-11-12-22(2,3)4/h5-8H,9-12H2,1-4H3,(H,17,19)(H,18,20). The predicted octanol–water partition coefficient (Wildman–Crippen LogP) is 3.25. The Morgan fingerprint density at radius 2 is 1.77 bits per heavy atom. The zero-order valence-corrected chi connectivity index (χ0v) is 14.9. The van der Waals surface area contributed by atoms with Crippen molar-refractivity contribution in [3.05, 3.63) is 29.8 Å². The highest BCUT2D eigenvalue weighted by Crippen LogP contribution is 2.11. The monoisotopic (exact) mass is 322 g/mol. The lowest BCUT2D eigenvalue weighted by Crippen LogP contribution is -2.24. The van der Waals surface area contributed by atoms with Gasteiger partial charge in [-0.1, -0.05) is 31.8 Å². The van der Waals surface area contributed by atoms with Crippen LogP contribution in [0.25, 0.3) is 0 Å². The zero-order valence-electron chi connectivity index (χ0n) is 13.9. The van der Waals surface area contributed by atoms with Gasteiger partial charge in [-0.15, -0.1) is 0 Å². The minimum Gasteiger partial charge on any atom is -0.450 e. The van der Waals surface area contributed by atoms with Gasteiger partial charge < -0.3 is 10.1 Å². The van der Waals surface area contributed by atoms with Crippen LogP contribution in [0.2, 0.25) is 25.7 Å². The quantitative estimate of drug-likeness (QED) is 0.757. The van der Waals surface area contributed by atoms with Gasteiger partial charge in [-0.25, -0.2) is 4.79 Å². The molecule has 0 spiro atoms.